The quantitative estimate of drug-likeness (QED) is 0.521. The first kappa shape index (κ1) is 29.8. The molecule has 4 rings (SSSR count). The zero-order valence-corrected chi connectivity index (χ0v) is 24.2. The Morgan fingerprint density at radius 3 is 1.48 bits per heavy atom. The molecule has 31 heavy (non-hydrogen) atoms. The van der Waals surface area contributed by atoms with E-state index in [9.17, 15) is 9.90 Å². The molecule has 0 amide bonds. The van der Waals surface area contributed by atoms with Crippen LogP contribution in [0.3, 0.4) is 0 Å². The van der Waals surface area contributed by atoms with E-state index >= 15 is 0 Å². The van der Waals surface area contributed by atoms with Gasteiger partial charge in [-0.2, -0.15) is 5.26 Å². The van der Waals surface area contributed by atoms with Crippen LogP contribution < -0.4 is 56.5 Å². The van der Waals surface area contributed by atoms with E-state index in [4.69, 9.17) is 5.26 Å². The van der Waals surface area contributed by atoms with E-state index in [0.29, 0.717) is 22.5 Å². The van der Waals surface area contributed by atoms with E-state index in [0.717, 1.165) is 12.8 Å². The summed E-state index contributed by atoms with van der Waals surface area (Å²) in [7, 11) is 0. The molecule has 0 aromatic heterocycles. The van der Waals surface area contributed by atoms with Crippen molar-refractivity contribution in [3.63, 3.8) is 0 Å². The number of hydrogen-bond acceptors (Lipinski definition) is 3. The number of carbonyl (C=O) groups is 1. The Morgan fingerprint density at radius 1 is 0.774 bits per heavy atom. The number of Topliss-reactive ketones (excluding diaryl/α,β-unsaturated/α-hetero) is 1. The molecule has 2 spiro atoms. The summed E-state index contributed by atoms with van der Waals surface area (Å²) in [5, 5.41) is 18.9. The minimum Gasteiger partial charge on any atom is -0.850 e. The summed E-state index contributed by atoms with van der Waals surface area (Å²) in [5.41, 5.74) is 0.553. The first-order valence-corrected chi connectivity index (χ1v) is 12.8. The van der Waals surface area contributed by atoms with E-state index in [1.54, 1.807) is 20.8 Å². The van der Waals surface area contributed by atoms with Crippen LogP contribution in [0.5, 0.6) is 0 Å². The van der Waals surface area contributed by atoms with Gasteiger partial charge in [-0.15, -0.1) is 5.60 Å². The zero-order valence-electron chi connectivity index (χ0n) is 21.1. The van der Waals surface area contributed by atoms with E-state index in [-0.39, 0.29) is 51.4 Å². The number of hydrogen-bond donors (Lipinski definition) is 0. The van der Waals surface area contributed by atoms with Crippen LogP contribution in [0.1, 0.15) is 136 Å². The van der Waals surface area contributed by atoms with Gasteiger partial charge in [-0.05, 0) is 75.0 Å². The molecule has 4 aliphatic rings. The average Bonchev–Trinajstić information content (AvgIpc) is 2.72. The molecule has 3 nitrogen and oxygen atoms in total. The van der Waals surface area contributed by atoms with Crippen molar-refractivity contribution in [1.82, 2.24) is 0 Å². The molecular formula is C27H46KNO2. The maximum atomic E-state index is 11.1. The molecule has 0 aromatic carbocycles. The van der Waals surface area contributed by atoms with Crippen LogP contribution in [0.2, 0.25) is 0 Å². The van der Waals surface area contributed by atoms with Crippen molar-refractivity contribution in [3.05, 3.63) is 0 Å². The second kappa shape index (κ2) is 14.2. The Hall–Kier alpha value is 0.756. The summed E-state index contributed by atoms with van der Waals surface area (Å²) in [6.07, 6.45) is 23.5. The number of nitrogens with zero attached hydrogens (tertiary/aromatic N) is 1. The van der Waals surface area contributed by atoms with Gasteiger partial charge in [0.05, 0.1) is 6.07 Å². The molecule has 0 bridgehead atoms. The van der Waals surface area contributed by atoms with Crippen LogP contribution in [0.25, 0.3) is 0 Å². The summed E-state index contributed by atoms with van der Waals surface area (Å²) in [5.74, 6) is 0.888. The van der Waals surface area contributed by atoms with Gasteiger partial charge in [0.2, 0.25) is 0 Å². The summed E-state index contributed by atoms with van der Waals surface area (Å²) in [6.45, 7) is 4.90. The molecule has 0 unspecified atom stereocenters. The molecule has 0 aromatic rings. The van der Waals surface area contributed by atoms with Crippen LogP contribution in [-0.4, -0.2) is 11.4 Å². The van der Waals surface area contributed by atoms with Gasteiger partial charge < -0.3 is 5.11 Å². The Kier molecular flexibility index (Phi) is 13.7. The van der Waals surface area contributed by atoms with Gasteiger partial charge in [0.25, 0.3) is 0 Å². The van der Waals surface area contributed by atoms with Gasteiger partial charge in [0.15, 0.2) is 0 Å². The van der Waals surface area contributed by atoms with Gasteiger partial charge in [-0.3, -0.25) is 4.79 Å². The van der Waals surface area contributed by atoms with Crippen LogP contribution >= 0.6 is 0 Å². The maximum Gasteiger partial charge on any atom is 1.00 e. The van der Waals surface area contributed by atoms with Crippen LogP contribution in [0.15, 0.2) is 0 Å². The standard InChI is InChI=1S/C12H19N.C11H18O.C4H9O.K/c13-10-11-4-8-12(9-5-11)6-2-1-3-7-12;12-10-4-8-11(9-5-10)6-2-1-3-7-11;1-4(2,3)5;/h11H,1-9H2;1-9H2;1-3H3;/q;;-1;+1. The molecular weight excluding hydrogens is 409 g/mol. The van der Waals surface area contributed by atoms with Crippen molar-refractivity contribution < 1.29 is 61.3 Å². The molecule has 172 valence electrons. The summed E-state index contributed by atoms with van der Waals surface area (Å²) in [4.78, 5) is 11.1. The fraction of sp³-hybridized carbons (Fsp3) is 0.926. The molecule has 0 atom stereocenters. The fourth-order valence-electron chi connectivity index (χ4n) is 6.02. The predicted octanol–water partition coefficient (Wildman–Crippen LogP) is 3.88. The Bertz CT molecular complexity index is 535. The third kappa shape index (κ3) is 11.6. The number of rotatable bonds is 0. The first-order valence-electron chi connectivity index (χ1n) is 12.8. The summed E-state index contributed by atoms with van der Waals surface area (Å²) in [6, 6.07) is 2.43. The minimum atomic E-state index is -0.750. The van der Waals surface area contributed by atoms with Crippen molar-refractivity contribution >= 4 is 5.78 Å². The van der Waals surface area contributed by atoms with Crippen molar-refractivity contribution in [3.8, 4) is 6.07 Å². The van der Waals surface area contributed by atoms with Crippen LogP contribution in [-0.2, 0) is 4.79 Å². The van der Waals surface area contributed by atoms with Crippen molar-refractivity contribution in [2.75, 3.05) is 0 Å². The first-order chi connectivity index (χ1) is 14.2. The number of carbonyl (C=O) groups excluding carboxylic acids is 1. The number of ketones is 1. The van der Waals surface area contributed by atoms with E-state index in [1.165, 1.54) is 103 Å². The predicted molar refractivity (Wildman–Crippen MR) is 122 cm³/mol. The van der Waals surface area contributed by atoms with Gasteiger partial charge in [-0.25, -0.2) is 0 Å². The molecule has 0 saturated heterocycles. The summed E-state index contributed by atoms with van der Waals surface area (Å²) >= 11 is 0. The van der Waals surface area contributed by atoms with E-state index in [2.05, 4.69) is 6.07 Å². The van der Waals surface area contributed by atoms with Gasteiger partial charge >= 0.3 is 51.4 Å². The van der Waals surface area contributed by atoms with Gasteiger partial charge in [-0.1, -0.05) is 59.3 Å². The monoisotopic (exact) mass is 455 g/mol. The molecule has 0 radical (unpaired) electrons. The SMILES string of the molecule is CC(C)(C)[O-].N#CC1CCC2(CCCCC2)CC1.O=C1CCC2(CCCCC2)CC1.[K+]. The largest absolute Gasteiger partial charge is 1.00 e. The van der Waals surface area contributed by atoms with Crippen LogP contribution in [0, 0.1) is 28.1 Å². The number of nitriles is 1. The van der Waals surface area contributed by atoms with Gasteiger partial charge in [0.1, 0.15) is 5.78 Å². The van der Waals surface area contributed by atoms with Crippen molar-refractivity contribution in [2.24, 2.45) is 16.7 Å². The third-order valence-corrected chi connectivity index (χ3v) is 7.93. The molecule has 4 aliphatic carbocycles. The second-order valence-corrected chi connectivity index (χ2v) is 11.7. The second-order valence-electron chi connectivity index (χ2n) is 11.7. The molecule has 0 heterocycles. The van der Waals surface area contributed by atoms with Crippen molar-refractivity contribution in [2.45, 2.75) is 142 Å². The van der Waals surface area contributed by atoms with Gasteiger partial charge in [0, 0.05) is 18.8 Å². The van der Waals surface area contributed by atoms with E-state index < -0.39 is 5.60 Å². The molecule has 0 N–H and O–H groups in total. The van der Waals surface area contributed by atoms with Crippen LogP contribution in [0.4, 0.5) is 0 Å². The molecule has 4 saturated carbocycles. The van der Waals surface area contributed by atoms with E-state index in [1.807, 2.05) is 0 Å². The molecule has 0 aliphatic heterocycles. The average molecular weight is 456 g/mol. The topological polar surface area (TPSA) is 63.9 Å². The third-order valence-electron chi connectivity index (χ3n) is 7.93. The minimum absolute atomic E-state index is 0. The van der Waals surface area contributed by atoms with Crippen molar-refractivity contribution in [1.29, 1.82) is 5.26 Å². The normalized spacial score (nSPS) is 25.2. The zero-order chi connectivity index (χ0) is 22.1. The Morgan fingerprint density at radius 2 is 1.13 bits per heavy atom. The molecule has 4 fully saturated rings. The molecule has 4 heteroatoms. The Balaban J connectivity index is 0.000000250. The smallest absolute Gasteiger partial charge is 0.850 e. The maximum absolute atomic E-state index is 11.1. The summed E-state index contributed by atoms with van der Waals surface area (Å²) < 4.78 is 0. The Labute approximate surface area is 234 Å². The fourth-order valence-corrected chi connectivity index (χ4v) is 6.02.